The molecule has 0 amide bonds. The maximum absolute atomic E-state index is 5.80. The Bertz CT molecular complexity index is 201. The highest BCUT2D eigenvalue weighted by Gasteiger charge is 2.39. The SMILES string of the molecule is CN(C)CCC1CC(CN)CN1C1CC1. The molecule has 3 nitrogen and oxygen atoms in total. The predicted octanol–water partition coefficient (Wildman–Crippen LogP) is 0.750. The molecule has 2 rings (SSSR count). The van der Waals surface area contributed by atoms with E-state index in [1.54, 1.807) is 0 Å². The second kappa shape index (κ2) is 4.81. The van der Waals surface area contributed by atoms with Gasteiger partial charge in [0.05, 0.1) is 0 Å². The summed E-state index contributed by atoms with van der Waals surface area (Å²) in [7, 11) is 4.33. The highest BCUT2D eigenvalue weighted by molar-refractivity contribution is 4.95. The van der Waals surface area contributed by atoms with Crippen LogP contribution >= 0.6 is 0 Å². The van der Waals surface area contributed by atoms with Gasteiger partial charge >= 0.3 is 0 Å². The lowest BCUT2D eigenvalue weighted by atomic mass is 10.0. The number of likely N-dealkylation sites (tertiary alicyclic amines) is 1. The second-order valence-corrected chi connectivity index (χ2v) is 5.51. The van der Waals surface area contributed by atoms with Crippen molar-refractivity contribution in [2.45, 2.75) is 37.8 Å². The molecule has 1 saturated heterocycles. The first-order valence-electron chi connectivity index (χ1n) is 6.31. The zero-order valence-electron chi connectivity index (χ0n) is 10.2. The maximum atomic E-state index is 5.80. The average Bonchev–Trinajstić information content (AvgIpc) is 2.96. The Morgan fingerprint density at radius 1 is 1.33 bits per heavy atom. The van der Waals surface area contributed by atoms with E-state index in [-0.39, 0.29) is 0 Å². The number of rotatable bonds is 5. The lowest BCUT2D eigenvalue weighted by molar-refractivity contribution is 0.215. The Morgan fingerprint density at radius 3 is 2.60 bits per heavy atom. The molecule has 2 fully saturated rings. The van der Waals surface area contributed by atoms with Gasteiger partial charge in [-0.05, 0) is 58.8 Å². The smallest absolute Gasteiger partial charge is 0.0114 e. The van der Waals surface area contributed by atoms with E-state index < -0.39 is 0 Å². The molecule has 1 heterocycles. The van der Waals surface area contributed by atoms with Gasteiger partial charge < -0.3 is 10.6 Å². The van der Waals surface area contributed by atoms with Gasteiger partial charge in [-0.15, -0.1) is 0 Å². The Balaban J connectivity index is 1.84. The number of nitrogens with two attached hydrogens (primary N) is 1. The second-order valence-electron chi connectivity index (χ2n) is 5.51. The van der Waals surface area contributed by atoms with Crippen LogP contribution in [0.15, 0.2) is 0 Å². The molecule has 0 aromatic rings. The van der Waals surface area contributed by atoms with Crippen LogP contribution in [-0.4, -0.2) is 55.6 Å². The molecule has 3 heteroatoms. The fourth-order valence-electron chi connectivity index (χ4n) is 2.76. The molecule has 0 aromatic heterocycles. The van der Waals surface area contributed by atoms with Crippen molar-refractivity contribution < 1.29 is 0 Å². The van der Waals surface area contributed by atoms with Gasteiger partial charge in [0.2, 0.25) is 0 Å². The lowest BCUT2D eigenvalue weighted by Crippen LogP contribution is -2.34. The minimum absolute atomic E-state index is 0.762. The average molecular weight is 211 g/mol. The monoisotopic (exact) mass is 211 g/mol. The van der Waals surface area contributed by atoms with E-state index in [0.29, 0.717) is 0 Å². The van der Waals surface area contributed by atoms with Crippen LogP contribution in [0.5, 0.6) is 0 Å². The van der Waals surface area contributed by atoms with E-state index in [1.807, 2.05) is 0 Å². The molecule has 2 aliphatic rings. The van der Waals surface area contributed by atoms with Gasteiger partial charge in [0.15, 0.2) is 0 Å². The first-order chi connectivity index (χ1) is 7.20. The van der Waals surface area contributed by atoms with E-state index in [4.69, 9.17) is 5.73 Å². The summed E-state index contributed by atoms with van der Waals surface area (Å²) in [6.07, 6.45) is 5.51. The number of hydrogen-bond donors (Lipinski definition) is 1. The lowest BCUT2D eigenvalue weighted by Gasteiger charge is -2.25. The Kier molecular flexibility index (Phi) is 3.65. The molecule has 0 spiro atoms. The Hall–Kier alpha value is -0.120. The largest absolute Gasteiger partial charge is 0.330 e. The summed E-state index contributed by atoms with van der Waals surface area (Å²) in [4.78, 5) is 5.03. The summed E-state index contributed by atoms with van der Waals surface area (Å²) in [6.45, 7) is 3.35. The highest BCUT2D eigenvalue weighted by atomic mass is 15.2. The summed E-state index contributed by atoms with van der Waals surface area (Å²) >= 11 is 0. The standard InChI is InChI=1S/C12H25N3/c1-14(2)6-5-12-7-10(8-13)9-15(12)11-3-4-11/h10-12H,3-9,13H2,1-2H3. The van der Waals surface area contributed by atoms with Crippen LogP contribution in [0, 0.1) is 5.92 Å². The zero-order valence-corrected chi connectivity index (χ0v) is 10.2. The quantitative estimate of drug-likeness (QED) is 0.728. The van der Waals surface area contributed by atoms with Gasteiger partial charge in [-0.3, -0.25) is 4.90 Å². The van der Waals surface area contributed by atoms with E-state index in [2.05, 4.69) is 23.9 Å². The topological polar surface area (TPSA) is 32.5 Å². The van der Waals surface area contributed by atoms with Crippen molar-refractivity contribution in [1.29, 1.82) is 0 Å². The summed E-state index contributed by atoms with van der Waals surface area (Å²) in [5.41, 5.74) is 5.80. The maximum Gasteiger partial charge on any atom is 0.0114 e. The van der Waals surface area contributed by atoms with Crippen LogP contribution in [0.2, 0.25) is 0 Å². The van der Waals surface area contributed by atoms with Crippen molar-refractivity contribution in [3.05, 3.63) is 0 Å². The molecule has 0 bridgehead atoms. The summed E-state index contributed by atoms with van der Waals surface area (Å²) in [5, 5.41) is 0. The van der Waals surface area contributed by atoms with Gasteiger partial charge in [-0.25, -0.2) is 0 Å². The van der Waals surface area contributed by atoms with Gasteiger partial charge in [-0.2, -0.15) is 0 Å². The van der Waals surface area contributed by atoms with Crippen LogP contribution in [0.1, 0.15) is 25.7 Å². The Morgan fingerprint density at radius 2 is 2.07 bits per heavy atom. The number of hydrogen-bond acceptors (Lipinski definition) is 3. The molecule has 1 aliphatic carbocycles. The predicted molar refractivity (Wildman–Crippen MR) is 63.8 cm³/mol. The van der Waals surface area contributed by atoms with Crippen molar-refractivity contribution >= 4 is 0 Å². The van der Waals surface area contributed by atoms with Crippen LogP contribution < -0.4 is 5.73 Å². The first-order valence-corrected chi connectivity index (χ1v) is 6.31. The molecule has 88 valence electrons. The van der Waals surface area contributed by atoms with Gasteiger partial charge in [-0.1, -0.05) is 0 Å². The number of nitrogens with zero attached hydrogens (tertiary/aromatic N) is 2. The highest BCUT2D eigenvalue weighted by Crippen LogP contribution is 2.36. The van der Waals surface area contributed by atoms with Crippen LogP contribution in [-0.2, 0) is 0 Å². The molecule has 2 N–H and O–H groups in total. The third-order valence-corrected chi connectivity index (χ3v) is 3.80. The zero-order chi connectivity index (χ0) is 10.8. The summed E-state index contributed by atoms with van der Waals surface area (Å²) in [5.74, 6) is 0.762. The van der Waals surface area contributed by atoms with Gasteiger partial charge in [0.1, 0.15) is 0 Å². The summed E-state index contributed by atoms with van der Waals surface area (Å²) in [6, 6.07) is 1.72. The summed E-state index contributed by atoms with van der Waals surface area (Å²) < 4.78 is 0. The van der Waals surface area contributed by atoms with Crippen LogP contribution in [0.3, 0.4) is 0 Å². The van der Waals surface area contributed by atoms with E-state index in [9.17, 15) is 0 Å². The van der Waals surface area contributed by atoms with E-state index in [1.165, 1.54) is 38.8 Å². The van der Waals surface area contributed by atoms with Gasteiger partial charge in [0.25, 0.3) is 0 Å². The minimum atomic E-state index is 0.762. The van der Waals surface area contributed by atoms with E-state index in [0.717, 1.165) is 24.5 Å². The van der Waals surface area contributed by atoms with Crippen molar-refractivity contribution in [3.8, 4) is 0 Å². The van der Waals surface area contributed by atoms with Crippen LogP contribution in [0.25, 0.3) is 0 Å². The molecule has 1 saturated carbocycles. The molecule has 2 unspecified atom stereocenters. The third-order valence-electron chi connectivity index (χ3n) is 3.80. The van der Waals surface area contributed by atoms with Crippen molar-refractivity contribution in [1.82, 2.24) is 9.80 Å². The molecule has 1 aliphatic heterocycles. The third kappa shape index (κ3) is 2.92. The first kappa shape index (κ1) is 11.4. The Labute approximate surface area is 93.6 Å². The molecule has 15 heavy (non-hydrogen) atoms. The minimum Gasteiger partial charge on any atom is -0.330 e. The fraction of sp³-hybridized carbons (Fsp3) is 1.00. The fourth-order valence-corrected chi connectivity index (χ4v) is 2.76. The molecule has 0 aromatic carbocycles. The van der Waals surface area contributed by atoms with Crippen molar-refractivity contribution in [3.63, 3.8) is 0 Å². The molecular formula is C12H25N3. The van der Waals surface area contributed by atoms with Crippen molar-refractivity contribution in [2.24, 2.45) is 11.7 Å². The van der Waals surface area contributed by atoms with Crippen molar-refractivity contribution in [2.75, 3.05) is 33.7 Å². The molecule has 0 radical (unpaired) electrons. The normalized spacial score (nSPS) is 32.8. The molecule has 2 atom stereocenters. The molecular weight excluding hydrogens is 186 g/mol. The van der Waals surface area contributed by atoms with Gasteiger partial charge in [0, 0.05) is 18.6 Å². The van der Waals surface area contributed by atoms with E-state index >= 15 is 0 Å². The van der Waals surface area contributed by atoms with Crippen LogP contribution in [0.4, 0.5) is 0 Å².